The molecule has 176 valence electrons. The van der Waals surface area contributed by atoms with Crippen molar-refractivity contribution < 1.29 is 23.1 Å². The number of ether oxygens (including phenoxy) is 1. The second-order valence-corrected chi connectivity index (χ2v) is 10.9. The lowest BCUT2D eigenvalue weighted by Gasteiger charge is -2.18. The van der Waals surface area contributed by atoms with Crippen molar-refractivity contribution in [1.82, 2.24) is 14.1 Å². The third-order valence-corrected chi connectivity index (χ3v) is 7.79. The lowest BCUT2D eigenvalue weighted by atomic mass is 10.1. The Hall–Kier alpha value is -2.91. The Bertz CT molecular complexity index is 1280. The van der Waals surface area contributed by atoms with Gasteiger partial charge in [0.1, 0.15) is 5.75 Å². The van der Waals surface area contributed by atoms with Crippen LogP contribution >= 0.6 is 0 Å². The quantitative estimate of drug-likeness (QED) is 0.565. The lowest BCUT2D eigenvalue weighted by Crippen LogP contribution is -2.29. The highest BCUT2D eigenvalue weighted by Crippen LogP contribution is 2.35. The van der Waals surface area contributed by atoms with E-state index in [2.05, 4.69) is 5.10 Å². The number of carboxylic acid groups (broad SMARTS) is 1. The van der Waals surface area contributed by atoms with Crippen molar-refractivity contribution in [3.05, 3.63) is 53.7 Å². The van der Waals surface area contributed by atoms with Crippen LogP contribution in [0.3, 0.4) is 0 Å². The van der Waals surface area contributed by atoms with E-state index >= 15 is 0 Å². The maximum absolute atomic E-state index is 13.3. The van der Waals surface area contributed by atoms with Crippen molar-refractivity contribution in [2.75, 3.05) is 13.1 Å². The molecule has 1 aliphatic rings. The van der Waals surface area contributed by atoms with Crippen LogP contribution in [0.1, 0.15) is 38.1 Å². The number of carboxylic acids is 1. The molecule has 8 nitrogen and oxygen atoms in total. The summed E-state index contributed by atoms with van der Waals surface area (Å²) in [5.41, 5.74) is 2.36. The summed E-state index contributed by atoms with van der Waals surface area (Å²) in [6.07, 6.45) is -0.174. The number of sulfonamides is 1. The van der Waals surface area contributed by atoms with Crippen LogP contribution in [0.15, 0.2) is 47.4 Å². The van der Waals surface area contributed by atoms with Gasteiger partial charge in [0.05, 0.1) is 34.7 Å². The molecule has 0 unspecified atom stereocenters. The molecule has 1 aliphatic heterocycles. The molecule has 1 N–H and O–H groups in total. The van der Waals surface area contributed by atoms with Crippen molar-refractivity contribution in [3.63, 3.8) is 0 Å². The summed E-state index contributed by atoms with van der Waals surface area (Å²) in [5.74, 6) is -0.318. The second kappa shape index (κ2) is 8.79. The van der Waals surface area contributed by atoms with Crippen molar-refractivity contribution in [2.45, 2.75) is 51.2 Å². The summed E-state index contributed by atoms with van der Waals surface area (Å²) in [5, 5.41) is 14.7. The lowest BCUT2D eigenvalue weighted by molar-refractivity contribution is -0.136. The molecule has 1 saturated heterocycles. The van der Waals surface area contributed by atoms with Gasteiger partial charge in [0.25, 0.3) is 0 Å². The van der Waals surface area contributed by atoms with E-state index in [1.54, 1.807) is 24.3 Å². The summed E-state index contributed by atoms with van der Waals surface area (Å²) in [6, 6.07) is 12.1. The van der Waals surface area contributed by atoms with Crippen molar-refractivity contribution >= 4 is 26.9 Å². The first-order valence-corrected chi connectivity index (χ1v) is 12.5. The number of aliphatic carboxylic acids is 1. The van der Waals surface area contributed by atoms with Crippen LogP contribution in [0.2, 0.25) is 0 Å². The van der Waals surface area contributed by atoms with Gasteiger partial charge in [-0.05, 0) is 62.6 Å². The number of hydrogen-bond donors (Lipinski definition) is 1. The van der Waals surface area contributed by atoms with Gasteiger partial charge in [-0.3, -0.25) is 9.48 Å². The predicted octanol–water partition coefficient (Wildman–Crippen LogP) is 3.64. The molecule has 0 spiro atoms. The van der Waals surface area contributed by atoms with Crippen LogP contribution in [0.4, 0.5) is 0 Å². The minimum absolute atomic E-state index is 0.00427. The molecule has 0 radical (unpaired) electrons. The number of aromatic nitrogens is 2. The molecule has 2 atom stereocenters. The third kappa shape index (κ3) is 4.60. The van der Waals surface area contributed by atoms with Crippen molar-refractivity contribution in [1.29, 1.82) is 0 Å². The van der Waals surface area contributed by atoms with Gasteiger partial charge in [0, 0.05) is 18.5 Å². The van der Waals surface area contributed by atoms with Crippen LogP contribution in [-0.2, 0) is 21.2 Å². The molecule has 33 heavy (non-hydrogen) atoms. The minimum Gasteiger partial charge on any atom is -0.491 e. The summed E-state index contributed by atoms with van der Waals surface area (Å²) in [4.78, 5) is 11.6. The maximum atomic E-state index is 13.3. The molecule has 3 aromatic rings. The van der Waals surface area contributed by atoms with Crippen molar-refractivity contribution in [2.24, 2.45) is 5.92 Å². The number of aryl methyl sites for hydroxylation is 1. The van der Waals surface area contributed by atoms with Gasteiger partial charge in [-0.25, -0.2) is 8.42 Å². The summed E-state index contributed by atoms with van der Waals surface area (Å²) >= 11 is 0. The fraction of sp³-hybridized carbons (Fsp3) is 0.417. The molecule has 0 amide bonds. The summed E-state index contributed by atoms with van der Waals surface area (Å²) in [7, 11) is -3.69. The third-order valence-electron chi connectivity index (χ3n) is 5.94. The highest BCUT2D eigenvalue weighted by atomic mass is 32.2. The Morgan fingerprint density at radius 2 is 1.88 bits per heavy atom. The topological polar surface area (TPSA) is 102 Å². The largest absolute Gasteiger partial charge is 0.491 e. The second-order valence-electron chi connectivity index (χ2n) is 8.99. The Balaban J connectivity index is 1.64. The minimum atomic E-state index is -3.69. The Labute approximate surface area is 193 Å². The number of rotatable bonds is 7. The van der Waals surface area contributed by atoms with Gasteiger partial charge in [0.15, 0.2) is 0 Å². The van der Waals surface area contributed by atoms with E-state index in [0.717, 1.165) is 16.5 Å². The van der Waals surface area contributed by atoms with Crippen LogP contribution in [-0.4, -0.2) is 52.8 Å². The zero-order valence-electron chi connectivity index (χ0n) is 19.2. The number of hydrogen-bond acceptors (Lipinski definition) is 5. The van der Waals surface area contributed by atoms with Crippen LogP contribution in [0, 0.1) is 12.8 Å². The molecule has 2 aromatic carbocycles. The Kier molecular flexibility index (Phi) is 6.20. The fourth-order valence-electron chi connectivity index (χ4n) is 4.37. The Morgan fingerprint density at radius 1 is 1.18 bits per heavy atom. The van der Waals surface area contributed by atoms with Crippen LogP contribution in [0.25, 0.3) is 10.9 Å². The average molecular weight is 472 g/mol. The number of benzene rings is 2. The summed E-state index contributed by atoms with van der Waals surface area (Å²) < 4.78 is 35.6. The van der Waals surface area contributed by atoms with E-state index < -0.39 is 16.0 Å². The van der Waals surface area contributed by atoms with E-state index in [0.29, 0.717) is 18.0 Å². The SMILES string of the molecule is Cc1ccc2c(CC(=O)O)nn([C@H]3CN(S(=O)(=O)c4ccc(OC(C)C)cc4)C[C@@H]3C)c2c1. The van der Waals surface area contributed by atoms with E-state index in [1.165, 1.54) is 4.31 Å². The van der Waals surface area contributed by atoms with E-state index in [4.69, 9.17) is 4.74 Å². The number of carbonyl (C=O) groups is 1. The molecular formula is C24H29N3O5S. The van der Waals surface area contributed by atoms with Gasteiger partial charge in [-0.2, -0.15) is 9.40 Å². The monoisotopic (exact) mass is 471 g/mol. The van der Waals surface area contributed by atoms with Crippen LogP contribution in [0.5, 0.6) is 5.75 Å². The highest BCUT2D eigenvalue weighted by Gasteiger charge is 2.39. The van der Waals surface area contributed by atoms with E-state index in [1.807, 2.05) is 50.6 Å². The molecule has 4 rings (SSSR count). The van der Waals surface area contributed by atoms with E-state index in [-0.39, 0.29) is 35.9 Å². The first-order valence-electron chi connectivity index (χ1n) is 11.0. The first-order chi connectivity index (χ1) is 15.6. The maximum Gasteiger partial charge on any atom is 0.309 e. The molecule has 9 heteroatoms. The molecule has 0 aliphatic carbocycles. The van der Waals surface area contributed by atoms with Gasteiger partial charge < -0.3 is 9.84 Å². The zero-order valence-corrected chi connectivity index (χ0v) is 20.0. The van der Waals surface area contributed by atoms with Crippen molar-refractivity contribution in [3.8, 4) is 5.75 Å². The average Bonchev–Trinajstić information content (AvgIpc) is 3.28. The predicted molar refractivity (Wildman–Crippen MR) is 125 cm³/mol. The zero-order chi connectivity index (χ0) is 23.9. The standard InChI is InChI=1S/C24H29N3O5S/c1-15(2)32-18-6-8-19(9-7-18)33(30,31)26-13-17(4)23(14-26)27-22-11-16(3)5-10-20(22)21(25-27)12-24(28)29/h5-11,15,17,23H,12-14H2,1-4H3,(H,28,29)/t17-,23-/m0/s1. The number of nitrogens with zero attached hydrogens (tertiary/aromatic N) is 3. The fourth-order valence-corrected chi connectivity index (χ4v) is 5.93. The van der Waals surface area contributed by atoms with E-state index in [9.17, 15) is 18.3 Å². The number of fused-ring (bicyclic) bond motifs is 1. The van der Waals surface area contributed by atoms with Gasteiger partial charge in [-0.1, -0.05) is 19.1 Å². The molecule has 2 heterocycles. The van der Waals surface area contributed by atoms with Crippen LogP contribution < -0.4 is 4.74 Å². The molecule has 1 fully saturated rings. The smallest absolute Gasteiger partial charge is 0.309 e. The molecule has 0 saturated carbocycles. The summed E-state index contributed by atoms with van der Waals surface area (Å²) in [6.45, 7) is 8.43. The van der Waals surface area contributed by atoms with Gasteiger partial charge in [-0.15, -0.1) is 0 Å². The molecule has 1 aromatic heterocycles. The normalized spacial score (nSPS) is 19.4. The molecular weight excluding hydrogens is 442 g/mol. The first kappa shape index (κ1) is 23.3. The van der Waals surface area contributed by atoms with Gasteiger partial charge in [0.2, 0.25) is 10.0 Å². The highest BCUT2D eigenvalue weighted by molar-refractivity contribution is 7.89. The Morgan fingerprint density at radius 3 is 2.52 bits per heavy atom. The van der Waals surface area contributed by atoms with Gasteiger partial charge >= 0.3 is 5.97 Å². The molecule has 0 bridgehead atoms.